The van der Waals surface area contributed by atoms with Crippen molar-refractivity contribution in [2.45, 2.75) is 12.5 Å². The lowest BCUT2D eigenvalue weighted by atomic mass is 10.0. The second-order valence-electron chi connectivity index (χ2n) is 5.05. The molecule has 1 aromatic carbocycles. The zero-order valence-corrected chi connectivity index (χ0v) is 12.0. The van der Waals surface area contributed by atoms with Gasteiger partial charge < -0.3 is 15.0 Å². The molecule has 0 spiro atoms. The second-order valence-corrected chi connectivity index (χ2v) is 5.05. The van der Waals surface area contributed by atoms with Gasteiger partial charge in [0.1, 0.15) is 0 Å². The lowest BCUT2D eigenvalue weighted by Gasteiger charge is -2.19. The van der Waals surface area contributed by atoms with Crippen LogP contribution >= 0.6 is 0 Å². The van der Waals surface area contributed by atoms with E-state index < -0.39 is 17.9 Å². The van der Waals surface area contributed by atoms with Gasteiger partial charge in [0.25, 0.3) is 0 Å². The molecule has 1 aliphatic heterocycles. The van der Waals surface area contributed by atoms with Crippen LogP contribution < -0.4 is 5.32 Å². The minimum absolute atomic E-state index is 0.0653. The van der Waals surface area contributed by atoms with E-state index in [-0.39, 0.29) is 18.2 Å². The van der Waals surface area contributed by atoms with Gasteiger partial charge in [-0.1, -0.05) is 30.3 Å². The van der Waals surface area contributed by atoms with Crippen LogP contribution in [-0.2, 0) is 19.1 Å². The molecule has 1 fully saturated rings. The van der Waals surface area contributed by atoms with Gasteiger partial charge in [0, 0.05) is 20.0 Å². The van der Waals surface area contributed by atoms with Crippen LogP contribution in [-0.4, -0.2) is 43.4 Å². The Morgan fingerprint density at radius 3 is 2.52 bits per heavy atom. The van der Waals surface area contributed by atoms with Gasteiger partial charge in [-0.05, 0) is 5.56 Å². The summed E-state index contributed by atoms with van der Waals surface area (Å²) in [6, 6.07) is 8.02. The standard InChI is InChI=1S/C15H18N2O4/c1-17-9-11(8-12(17)18)14(19)16-13(15(20)21-2)10-6-4-3-5-7-10/h3-7,11,13H,8-9H2,1-2H3,(H,16,19). The number of hydrogen-bond donors (Lipinski definition) is 1. The normalized spacial score (nSPS) is 19.2. The van der Waals surface area contributed by atoms with Crippen molar-refractivity contribution in [2.75, 3.05) is 20.7 Å². The summed E-state index contributed by atoms with van der Waals surface area (Å²) in [5.74, 6) is -1.35. The molecule has 1 N–H and O–H groups in total. The largest absolute Gasteiger partial charge is 0.467 e. The number of esters is 1. The number of hydrogen-bond acceptors (Lipinski definition) is 4. The van der Waals surface area contributed by atoms with Gasteiger partial charge in [0.05, 0.1) is 13.0 Å². The quantitative estimate of drug-likeness (QED) is 0.819. The molecule has 1 aromatic rings. The fraction of sp³-hybridized carbons (Fsp3) is 0.400. The lowest BCUT2D eigenvalue weighted by Crippen LogP contribution is -2.39. The molecule has 2 atom stereocenters. The predicted octanol–water partition coefficient (Wildman–Crippen LogP) is 0.495. The van der Waals surface area contributed by atoms with Gasteiger partial charge >= 0.3 is 5.97 Å². The molecular formula is C15H18N2O4. The lowest BCUT2D eigenvalue weighted by molar-refractivity contribution is -0.145. The number of ether oxygens (including phenoxy) is 1. The summed E-state index contributed by atoms with van der Waals surface area (Å²) >= 11 is 0. The molecular weight excluding hydrogens is 272 g/mol. The third-order valence-electron chi connectivity index (χ3n) is 3.57. The SMILES string of the molecule is COC(=O)C(NC(=O)C1CC(=O)N(C)C1)c1ccccc1. The van der Waals surface area contributed by atoms with E-state index in [9.17, 15) is 14.4 Å². The second kappa shape index (κ2) is 6.39. The Morgan fingerprint density at radius 1 is 1.33 bits per heavy atom. The molecule has 0 aliphatic carbocycles. The Hall–Kier alpha value is -2.37. The van der Waals surface area contributed by atoms with Crippen LogP contribution in [0.25, 0.3) is 0 Å². The average Bonchev–Trinajstić information content (AvgIpc) is 2.84. The van der Waals surface area contributed by atoms with Crippen molar-refractivity contribution in [3.05, 3.63) is 35.9 Å². The minimum atomic E-state index is -0.857. The highest BCUT2D eigenvalue weighted by Crippen LogP contribution is 2.19. The highest BCUT2D eigenvalue weighted by atomic mass is 16.5. The van der Waals surface area contributed by atoms with E-state index in [1.807, 2.05) is 6.07 Å². The Kier molecular flexibility index (Phi) is 4.57. The van der Waals surface area contributed by atoms with Gasteiger partial charge in [-0.25, -0.2) is 4.79 Å². The van der Waals surface area contributed by atoms with E-state index in [1.54, 1.807) is 31.3 Å². The molecule has 2 unspecified atom stereocenters. The summed E-state index contributed by atoms with van der Waals surface area (Å²) in [5.41, 5.74) is 0.648. The number of methoxy groups -OCH3 is 1. The molecule has 0 saturated carbocycles. The Morgan fingerprint density at radius 2 is 2.00 bits per heavy atom. The van der Waals surface area contributed by atoms with Crippen LogP contribution in [0.1, 0.15) is 18.0 Å². The molecule has 6 nitrogen and oxygen atoms in total. The zero-order valence-electron chi connectivity index (χ0n) is 12.0. The topological polar surface area (TPSA) is 75.7 Å². The molecule has 1 heterocycles. The third-order valence-corrected chi connectivity index (χ3v) is 3.57. The van der Waals surface area contributed by atoms with Gasteiger partial charge in [0.15, 0.2) is 6.04 Å². The Bertz CT molecular complexity index is 544. The number of rotatable bonds is 4. The molecule has 0 radical (unpaired) electrons. The maximum absolute atomic E-state index is 12.2. The number of nitrogens with zero attached hydrogens (tertiary/aromatic N) is 1. The van der Waals surface area contributed by atoms with Crippen molar-refractivity contribution in [1.82, 2.24) is 10.2 Å². The first kappa shape index (κ1) is 15.0. The summed E-state index contributed by atoms with van der Waals surface area (Å²) in [5, 5.41) is 2.67. The van der Waals surface area contributed by atoms with Crippen LogP contribution in [0.2, 0.25) is 0 Å². The molecule has 1 saturated heterocycles. The van der Waals surface area contributed by atoms with Crippen molar-refractivity contribution in [1.29, 1.82) is 0 Å². The first-order chi connectivity index (χ1) is 10.0. The van der Waals surface area contributed by atoms with Crippen molar-refractivity contribution in [3.8, 4) is 0 Å². The van der Waals surface area contributed by atoms with Crippen molar-refractivity contribution < 1.29 is 19.1 Å². The van der Waals surface area contributed by atoms with Crippen LogP contribution in [0.5, 0.6) is 0 Å². The van der Waals surface area contributed by atoms with Crippen LogP contribution in [0.15, 0.2) is 30.3 Å². The number of carbonyl (C=O) groups is 3. The van der Waals surface area contributed by atoms with E-state index in [0.717, 1.165) is 0 Å². The fourth-order valence-corrected chi connectivity index (χ4v) is 2.34. The summed E-state index contributed by atoms with van der Waals surface area (Å²) in [7, 11) is 2.93. The fourth-order valence-electron chi connectivity index (χ4n) is 2.34. The van der Waals surface area contributed by atoms with E-state index >= 15 is 0 Å². The smallest absolute Gasteiger partial charge is 0.333 e. The molecule has 0 aromatic heterocycles. The Labute approximate surface area is 123 Å². The van der Waals surface area contributed by atoms with Crippen LogP contribution in [0, 0.1) is 5.92 Å². The van der Waals surface area contributed by atoms with E-state index in [4.69, 9.17) is 4.74 Å². The van der Waals surface area contributed by atoms with Crippen molar-refractivity contribution >= 4 is 17.8 Å². The summed E-state index contributed by atoms with van der Waals surface area (Å²) in [6.45, 7) is 0.368. The first-order valence-corrected chi connectivity index (χ1v) is 6.70. The molecule has 2 rings (SSSR count). The molecule has 6 heteroatoms. The molecule has 21 heavy (non-hydrogen) atoms. The summed E-state index contributed by atoms with van der Waals surface area (Å²) in [6.07, 6.45) is 0.172. The third kappa shape index (κ3) is 3.39. The monoisotopic (exact) mass is 290 g/mol. The van der Waals surface area contributed by atoms with E-state index in [0.29, 0.717) is 12.1 Å². The number of likely N-dealkylation sites (tertiary alicyclic amines) is 1. The number of benzene rings is 1. The summed E-state index contributed by atoms with van der Waals surface area (Å²) in [4.78, 5) is 37.1. The number of amides is 2. The van der Waals surface area contributed by atoms with Crippen LogP contribution in [0.3, 0.4) is 0 Å². The highest BCUT2D eigenvalue weighted by molar-refractivity contribution is 5.91. The number of carbonyl (C=O) groups excluding carboxylic acids is 3. The maximum Gasteiger partial charge on any atom is 0.333 e. The highest BCUT2D eigenvalue weighted by Gasteiger charge is 2.34. The van der Waals surface area contributed by atoms with Crippen molar-refractivity contribution in [3.63, 3.8) is 0 Å². The average molecular weight is 290 g/mol. The minimum Gasteiger partial charge on any atom is -0.467 e. The molecule has 2 amide bonds. The van der Waals surface area contributed by atoms with Gasteiger partial charge in [-0.2, -0.15) is 0 Å². The molecule has 0 bridgehead atoms. The maximum atomic E-state index is 12.2. The van der Waals surface area contributed by atoms with E-state index in [2.05, 4.69) is 5.32 Å². The van der Waals surface area contributed by atoms with Gasteiger partial charge in [-0.3, -0.25) is 9.59 Å². The summed E-state index contributed by atoms with van der Waals surface area (Å²) < 4.78 is 4.74. The first-order valence-electron chi connectivity index (χ1n) is 6.70. The predicted molar refractivity (Wildman–Crippen MR) is 75.1 cm³/mol. The zero-order chi connectivity index (χ0) is 15.4. The van der Waals surface area contributed by atoms with E-state index in [1.165, 1.54) is 12.0 Å². The number of nitrogens with one attached hydrogen (secondary N) is 1. The molecule has 1 aliphatic rings. The van der Waals surface area contributed by atoms with Gasteiger partial charge in [-0.15, -0.1) is 0 Å². The van der Waals surface area contributed by atoms with Crippen molar-refractivity contribution in [2.24, 2.45) is 5.92 Å². The van der Waals surface area contributed by atoms with Gasteiger partial charge in [0.2, 0.25) is 11.8 Å². The molecule has 112 valence electrons. The van der Waals surface area contributed by atoms with Crippen LogP contribution in [0.4, 0.5) is 0 Å². The Balaban J connectivity index is 2.11.